The van der Waals surface area contributed by atoms with Crippen molar-refractivity contribution >= 4 is 41.2 Å². The van der Waals surface area contributed by atoms with E-state index in [-0.39, 0.29) is 11.1 Å². The minimum Gasteiger partial charge on any atom is -0.545 e. The lowest BCUT2D eigenvalue weighted by molar-refractivity contribution is -0.254. The number of halogens is 1. The number of benzene rings is 2. The van der Waals surface area contributed by atoms with E-state index >= 15 is 0 Å². The first-order chi connectivity index (χ1) is 13.9. The van der Waals surface area contributed by atoms with Gasteiger partial charge in [0.2, 0.25) is 0 Å². The molecule has 0 saturated heterocycles. The van der Waals surface area contributed by atoms with Crippen LogP contribution in [0.25, 0.3) is 29.7 Å². The highest BCUT2D eigenvalue weighted by atomic mass is 127. The number of carboxylic acid groups (broad SMARTS) is 1. The second-order valence-electron chi connectivity index (χ2n) is 6.30. The zero-order valence-corrected chi connectivity index (χ0v) is 17.2. The Kier molecular flexibility index (Phi) is 4.98. The van der Waals surface area contributed by atoms with Crippen LogP contribution in [0.5, 0.6) is 0 Å². The van der Waals surface area contributed by atoms with Crippen molar-refractivity contribution in [2.45, 2.75) is 0 Å². The first-order valence-corrected chi connectivity index (χ1v) is 9.70. The summed E-state index contributed by atoms with van der Waals surface area (Å²) in [5, 5.41) is 15.1. The second-order valence-corrected chi connectivity index (χ2v) is 7.55. The monoisotopic (exact) mass is 497 g/mol. The Morgan fingerprint density at radius 1 is 1.10 bits per heavy atom. The molecule has 1 N–H and O–H groups in total. The van der Waals surface area contributed by atoms with Gasteiger partial charge in [-0.2, -0.15) is 0 Å². The van der Waals surface area contributed by atoms with Crippen LogP contribution in [-0.4, -0.2) is 15.7 Å². The van der Waals surface area contributed by atoms with Gasteiger partial charge in [-0.1, -0.05) is 30.8 Å². The average molecular weight is 497 g/mol. The molecule has 0 aliphatic rings. The molecule has 0 aliphatic heterocycles. The molecule has 0 atom stereocenters. The fourth-order valence-corrected chi connectivity index (χ4v) is 3.37. The topological polar surface area (TPSA) is 91.1 Å². The predicted octanol–water partition coefficient (Wildman–Crippen LogP) is 1.63. The number of rotatable bonds is 4. The lowest BCUT2D eigenvalue weighted by atomic mass is 10.1. The number of nitrogens with one attached hydrogen (secondary N) is 1. The SMILES string of the molecule is C=c1[nH]n(-c2ccc(I)cc2)c(=O)/c1=C\c1ccc(-c2ccccc2C(=O)[O-])o1. The molecule has 4 aromatic rings. The Hall–Kier alpha value is -3.33. The van der Waals surface area contributed by atoms with Crippen LogP contribution in [0.4, 0.5) is 0 Å². The van der Waals surface area contributed by atoms with Gasteiger partial charge in [0.1, 0.15) is 11.5 Å². The molecule has 7 heteroatoms. The maximum atomic E-state index is 12.8. The predicted molar refractivity (Wildman–Crippen MR) is 116 cm³/mol. The van der Waals surface area contributed by atoms with Gasteiger partial charge in [0.05, 0.1) is 22.2 Å². The lowest BCUT2D eigenvalue weighted by Crippen LogP contribution is -2.33. The van der Waals surface area contributed by atoms with Gasteiger partial charge >= 0.3 is 0 Å². The van der Waals surface area contributed by atoms with Gasteiger partial charge < -0.3 is 14.3 Å². The first kappa shape index (κ1) is 19.0. The quantitative estimate of drug-likeness (QED) is 0.434. The van der Waals surface area contributed by atoms with Crippen LogP contribution in [-0.2, 0) is 0 Å². The molecule has 0 unspecified atom stereocenters. The highest BCUT2D eigenvalue weighted by Gasteiger charge is 2.10. The molecule has 0 radical (unpaired) electrons. The number of aromatic carboxylic acids is 1. The molecule has 0 amide bonds. The normalized spacial score (nSPS) is 11.7. The van der Waals surface area contributed by atoms with E-state index in [9.17, 15) is 14.7 Å². The fraction of sp³-hybridized carbons (Fsp3) is 0. The number of furan rings is 1. The van der Waals surface area contributed by atoms with Crippen LogP contribution in [0.2, 0.25) is 0 Å². The standard InChI is InChI=1S/C22H15IN2O4/c1-13-19(21(26)25(24-13)15-8-6-14(23)7-9-15)12-16-10-11-20(29-16)17-4-2-3-5-18(17)22(27)28/h2-12,24H,1H2,(H,27,28)/p-1/b19-12-. The molecular formula is C22H14IN2O4-. The molecule has 0 spiro atoms. The van der Waals surface area contributed by atoms with Crippen LogP contribution in [0, 0.1) is 3.57 Å². The molecule has 144 valence electrons. The van der Waals surface area contributed by atoms with E-state index in [1.54, 1.807) is 36.4 Å². The van der Waals surface area contributed by atoms with Gasteiger partial charge in [-0.05, 0) is 65.1 Å². The molecule has 4 rings (SSSR count). The van der Waals surface area contributed by atoms with Gasteiger partial charge in [-0.15, -0.1) is 0 Å². The number of hydrogen-bond donors (Lipinski definition) is 1. The molecule has 2 heterocycles. The number of H-pyrrole nitrogens is 1. The van der Waals surface area contributed by atoms with Gasteiger partial charge in [0.15, 0.2) is 0 Å². The summed E-state index contributed by atoms with van der Waals surface area (Å²) < 4.78 is 8.25. The van der Waals surface area contributed by atoms with Crippen LogP contribution >= 0.6 is 22.6 Å². The second kappa shape index (κ2) is 7.59. The minimum atomic E-state index is -1.28. The minimum absolute atomic E-state index is 0.0361. The number of aromatic nitrogens is 2. The average Bonchev–Trinajstić information content (AvgIpc) is 3.29. The number of hydrogen-bond acceptors (Lipinski definition) is 4. The van der Waals surface area contributed by atoms with Crippen molar-refractivity contribution in [1.82, 2.24) is 9.78 Å². The van der Waals surface area contributed by atoms with E-state index in [1.165, 1.54) is 10.7 Å². The molecule has 29 heavy (non-hydrogen) atoms. The Morgan fingerprint density at radius 2 is 1.83 bits per heavy atom. The molecular weight excluding hydrogens is 483 g/mol. The van der Waals surface area contributed by atoms with Gasteiger partial charge in [-0.25, -0.2) is 4.68 Å². The zero-order chi connectivity index (χ0) is 20.5. The summed E-state index contributed by atoms with van der Waals surface area (Å²) in [6, 6.07) is 17.2. The Labute approximate surface area is 178 Å². The third-order valence-electron chi connectivity index (χ3n) is 4.42. The van der Waals surface area contributed by atoms with Gasteiger partial charge in [-0.3, -0.25) is 9.89 Å². The maximum Gasteiger partial charge on any atom is 0.279 e. The molecule has 2 aromatic heterocycles. The van der Waals surface area contributed by atoms with Crippen LogP contribution in [0.3, 0.4) is 0 Å². The number of nitrogens with zero attached hydrogens (tertiary/aromatic N) is 1. The Bertz CT molecular complexity index is 1380. The zero-order valence-electron chi connectivity index (χ0n) is 15.0. The summed E-state index contributed by atoms with van der Waals surface area (Å²) in [6.45, 7) is 3.91. The summed E-state index contributed by atoms with van der Waals surface area (Å²) in [7, 11) is 0. The number of carbonyl (C=O) groups is 1. The van der Waals surface area contributed by atoms with Crippen molar-refractivity contribution in [3.63, 3.8) is 0 Å². The maximum absolute atomic E-state index is 12.8. The first-order valence-electron chi connectivity index (χ1n) is 8.62. The van der Waals surface area contributed by atoms with Crippen molar-refractivity contribution in [2.75, 3.05) is 0 Å². The Morgan fingerprint density at radius 3 is 2.55 bits per heavy atom. The van der Waals surface area contributed by atoms with E-state index in [0.717, 1.165) is 3.57 Å². The summed E-state index contributed by atoms with van der Waals surface area (Å²) in [6.07, 6.45) is 1.58. The smallest absolute Gasteiger partial charge is 0.279 e. The van der Waals surface area contributed by atoms with Crippen molar-refractivity contribution in [3.8, 4) is 17.0 Å². The van der Waals surface area contributed by atoms with Crippen molar-refractivity contribution in [3.05, 3.63) is 96.5 Å². The van der Waals surface area contributed by atoms with Crippen molar-refractivity contribution in [1.29, 1.82) is 0 Å². The van der Waals surface area contributed by atoms with Gasteiger partial charge in [0, 0.05) is 14.7 Å². The summed E-state index contributed by atoms with van der Waals surface area (Å²) in [4.78, 5) is 24.2. The van der Waals surface area contributed by atoms with E-state index in [1.807, 2.05) is 24.3 Å². The van der Waals surface area contributed by atoms with E-state index in [2.05, 4.69) is 34.3 Å². The molecule has 0 bridgehead atoms. The van der Waals surface area contributed by atoms with Crippen molar-refractivity contribution in [2.24, 2.45) is 0 Å². The summed E-state index contributed by atoms with van der Waals surface area (Å²) >= 11 is 2.20. The van der Waals surface area contributed by atoms with Crippen molar-refractivity contribution < 1.29 is 14.3 Å². The van der Waals surface area contributed by atoms with Crippen LogP contribution in [0.15, 0.2) is 69.9 Å². The summed E-state index contributed by atoms with van der Waals surface area (Å²) in [5.41, 5.74) is 0.883. The van der Waals surface area contributed by atoms with Gasteiger partial charge in [0.25, 0.3) is 5.56 Å². The molecule has 0 fully saturated rings. The largest absolute Gasteiger partial charge is 0.545 e. The summed E-state index contributed by atoms with van der Waals surface area (Å²) in [5.74, 6) is -0.507. The molecule has 0 aliphatic carbocycles. The third-order valence-corrected chi connectivity index (χ3v) is 5.14. The Balaban J connectivity index is 1.78. The molecule has 0 saturated carbocycles. The number of carbonyl (C=O) groups excluding carboxylic acids is 1. The highest BCUT2D eigenvalue weighted by molar-refractivity contribution is 14.1. The third kappa shape index (κ3) is 3.68. The van der Waals surface area contributed by atoms with E-state index in [4.69, 9.17) is 4.42 Å². The fourth-order valence-electron chi connectivity index (χ4n) is 3.01. The molecule has 2 aromatic carbocycles. The lowest BCUT2D eigenvalue weighted by Gasteiger charge is -2.07. The van der Waals surface area contributed by atoms with Crippen LogP contribution in [0.1, 0.15) is 16.1 Å². The van der Waals surface area contributed by atoms with Crippen LogP contribution < -0.4 is 21.2 Å². The number of aromatic amines is 1. The van der Waals surface area contributed by atoms with E-state index in [0.29, 0.717) is 33.3 Å². The highest BCUT2D eigenvalue weighted by Crippen LogP contribution is 2.25. The number of carboxylic acids is 1. The van der Waals surface area contributed by atoms with E-state index < -0.39 is 5.97 Å². The molecule has 6 nitrogen and oxygen atoms in total.